The van der Waals surface area contributed by atoms with Crippen molar-refractivity contribution >= 4 is 37.3 Å². The average Bonchev–Trinajstić information content (AvgIpc) is 2.89. The molecule has 0 bridgehead atoms. The molecule has 196 valence electrons. The summed E-state index contributed by atoms with van der Waals surface area (Å²) in [6, 6.07) is 16.7. The minimum absolute atomic E-state index is 0.0168. The Balaban J connectivity index is 1.53. The Morgan fingerprint density at radius 2 is 1.57 bits per heavy atom. The monoisotopic (exact) mass is 545 g/mol. The molecule has 0 aliphatic carbocycles. The van der Waals surface area contributed by atoms with Crippen LogP contribution in [0.4, 0.5) is 11.4 Å². The van der Waals surface area contributed by atoms with Gasteiger partial charge in [-0.05, 0) is 67.1 Å². The molecule has 37 heavy (non-hydrogen) atoms. The van der Waals surface area contributed by atoms with Crippen LogP contribution < -0.4 is 14.8 Å². The minimum atomic E-state index is -3.83. The molecule has 12 heteroatoms. The van der Waals surface area contributed by atoms with E-state index in [1.807, 2.05) is 13.0 Å². The molecule has 1 aliphatic rings. The smallest absolute Gasteiger partial charge is 0.261 e. The van der Waals surface area contributed by atoms with E-state index in [9.17, 15) is 21.6 Å². The van der Waals surface area contributed by atoms with Gasteiger partial charge in [-0.2, -0.15) is 4.31 Å². The van der Waals surface area contributed by atoms with E-state index in [2.05, 4.69) is 10.0 Å². The Labute approximate surface area is 216 Å². The zero-order valence-corrected chi connectivity index (χ0v) is 21.9. The van der Waals surface area contributed by atoms with Gasteiger partial charge in [-0.15, -0.1) is 0 Å². The van der Waals surface area contributed by atoms with Gasteiger partial charge in [-0.25, -0.2) is 16.8 Å². The van der Waals surface area contributed by atoms with Gasteiger partial charge >= 0.3 is 0 Å². The number of sulfonamides is 2. The number of hydrogen-bond acceptors (Lipinski definition) is 7. The molecule has 1 heterocycles. The standard InChI is InChI=1S/C25H27N3O7S2/c1-18-4-3-5-20(16-18)27-36(30,31)21-8-6-19(7-9-21)26-25(29)23-17-22(10-11-24(23)34-2)37(32,33)28-12-14-35-15-13-28/h3-11,16-17,27H,12-15H2,1-2H3,(H,26,29). The first-order valence-corrected chi connectivity index (χ1v) is 14.3. The van der Waals surface area contributed by atoms with E-state index in [4.69, 9.17) is 9.47 Å². The lowest BCUT2D eigenvalue weighted by molar-refractivity contribution is 0.0730. The molecule has 2 N–H and O–H groups in total. The number of nitrogens with one attached hydrogen (secondary N) is 2. The Morgan fingerprint density at radius 1 is 0.892 bits per heavy atom. The fourth-order valence-electron chi connectivity index (χ4n) is 3.80. The normalized spacial score (nSPS) is 14.6. The lowest BCUT2D eigenvalue weighted by Gasteiger charge is -2.26. The maximum Gasteiger partial charge on any atom is 0.261 e. The van der Waals surface area contributed by atoms with Crippen molar-refractivity contribution in [2.24, 2.45) is 0 Å². The van der Waals surface area contributed by atoms with E-state index < -0.39 is 26.0 Å². The van der Waals surface area contributed by atoms with Crippen LogP contribution in [0.2, 0.25) is 0 Å². The summed E-state index contributed by atoms with van der Waals surface area (Å²) in [5.41, 5.74) is 1.70. The van der Waals surface area contributed by atoms with Crippen LogP contribution in [-0.2, 0) is 24.8 Å². The first kappa shape index (κ1) is 26.6. The number of carbonyl (C=O) groups excluding carboxylic acids is 1. The molecular weight excluding hydrogens is 518 g/mol. The van der Waals surface area contributed by atoms with Gasteiger partial charge in [0.15, 0.2) is 0 Å². The van der Waals surface area contributed by atoms with Crippen LogP contribution in [0.1, 0.15) is 15.9 Å². The van der Waals surface area contributed by atoms with Crippen LogP contribution in [0.5, 0.6) is 5.75 Å². The van der Waals surface area contributed by atoms with Gasteiger partial charge < -0.3 is 14.8 Å². The highest BCUT2D eigenvalue weighted by molar-refractivity contribution is 7.92. The summed E-state index contributed by atoms with van der Waals surface area (Å²) in [5, 5.41) is 2.66. The third kappa shape index (κ3) is 6.10. The molecule has 4 rings (SSSR count). The first-order chi connectivity index (χ1) is 17.6. The van der Waals surface area contributed by atoms with E-state index in [-0.39, 0.29) is 34.2 Å². The number of benzene rings is 3. The third-order valence-corrected chi connectivity index (χ3v) is 9.01. The number of nitrogens with zero attached hydrogens (tertiary/aromatic N) is 1. The van der Waals surface area contributed by atoms with Crippen molar-refractivity contribution in [1.29, 1.82) is 0 Å². The molecular formula is C25H27N3O7S2. The Hall–Kier alpha value is -3.45. The molecule has 0 unspecified atom stereocenters. The molecule has 10 nitrogen and oxygen atoms in total. The van der Waals surface area contributed by atoms with Crippen molar-refractivity contribution in [3.8, 4) is 5.75 Å². The van der Waals surface area contributed by atoms with E-state index in [0.717, 1.165) is 5.56 Å². The molecule has 1 saturated heterocycles. The molecule has 0 radical (unpaired) electrons. The predicted octanol–water partition coefficient (Wildman–Crippen LogP) is 3.08. The summed E-state index contributed by atoms with van der Waals surface area (Å²) in [7, 11) is -6.28. The van der Waals surface area contributed by atoms with E-state index in [1.165, 1.54) is 53.9 Å². The van der Waals surface area contributed by atoms with E-state index in [1.54, 1.807) is 18.2 Å². The first-order valence-electron chi connectivity index (χ1n) is 11.4. The number of hydrogen-bond donors (Lipinski definition) is 2. The number of aryl methyl sites for hydroxylation is 1. The molecule has 3 aromatic carbocycles. The lowest BCUT2D eigenvalue weighted by atomic mass is 10.2. The fraction of sp³-hybridized carbons (Fsp3) is 0.240. The number of anilines is 2. The maximum atomic E-state index is 13.1. The zero-order chi connectivity index (χ0) is 26.6. The van der Waals surface area contributed by atoms with Crippen molar-refractivity contribution in [3.63, 3.8) is 0 Å². The van der Waals surface area contributed by atoms with Crippen molar-refractivity contribution < 1.29 is 31.1 Å². The summed E-state index contributed by atoms with van der Waals surface area (Å²) in [6.45, 7) is 2.91. The maximum absolute atomic E-state index is 13.1. The average molecular weight is 546 g/mol. The van der Waals surface area contributed by atoms with Crippen molar-refractivity contribution in [3.05, 3.63) is 77.9 Å². The summed E-state index contributed by atoms with van der Waals surface area (Å²) in [6.07, 6.45) is 0. The van der Waals surface area contributed by atoms with Crippen molar-refractivity contribution in [2.75, 3.05) is 43.5 Å². The Bertz CT molecular complexity index is 1500. The van der Waals surface area contributed by atoms with Gasteiger partial charge in [0, 0.05) is 24.5 Å². The van der Waals surface area contributed by atoms with Crippen LogP contribution in [0.15, 0.2) is 76.5 Å². The van der Waals surface area contributed by atoms with Gasteiger partial charge in [0.2, 0.25) is 10.0 Å². The largest absolute Gasteiger partial charge is 0.496 e. The van der Waals surface area contributed by atoms with Crippen LogP contribution in [0.3, 0.4) is 0 Å². The number of morpholine rings is 1. The number of amides is 1. The van der Waals surface area contributed by atoms with Gasteiger partial charge in [-0.3, -0.25) is 9.52 Å². The minimum Gasteiger partial charge on any atom is -0.496 e. The predicted molar refractivity (Wildman–Crippen MR) is 139 cm³/mol. The topological polar surface area (TPSA) is 131 Å². The summed E-state index contributed by atoms with van der Waals surface area (Å²) in [5.74, 6) is -0.413. The zero-order valence-electron chi connectivity index (χ0n) is 20.3. The highest BCUT2D eigenvalue weighted by atomic mass is 32.2. The summed E-state index contributed by atoms with van der Waals surface area (Å²) < 4.78 is 65.9. The van der Waals surface area contributed by atoms with Crippen molar-refractivity contribution in [1.82, 2.24) is 4.31 Å². The van der Waals surface area contributed by atoms with Gasteiger partial charge in [0.25, 0.3) is 15.9 Å². The molecule has 1 aliphatic heterocycles. The molecule has 0 aromatic heterocycles. The van der Waals surface area contributed by atoms with Crippen LogP contribution in [0, 0.1) is 6.92 Å². The number of rotatable bonds is 8. The second kappa shape index (κ2) is 10.9. The number of ether oxygens (including phenoxy) is 2. The van der Waals surface area contributed by atoms with Gasteiger partial charge in [-0.1, -0.05) is 12.1 Å². The molecule has 1 amide bonds. The fourth-order valence-corrected chi connectivity index (χ4v) is 6.28. The second-order valence-corrected chi connectivity index (χ2v) is 12.0. The van der Waals surface area contributed by atoms with Crippen molar-refractivity contribution in [2.45, 2.75) is 16.7 Å². The molecule has 3 aromatic rings. The van der Waals surface area contributed by atoms with E-state index >= 15 is 0 Å². The van der Waals surface area contributed by atoms with Crippen LogP contribution >= 0.6 is 0 Å². The molecule has 0 spiro atoms. The highest BCUT2D eigenvalue weighted by Crippen LogP contribution is 2.26. The van der Waals surface area contributed by atoms with E-state index in [0.29, 0.717) is 24.6 Å². The Morgan fingerprint density at radius 3 is 2.22 bits per heavy atom. The Kier molecular flexibility index (Phi) is 7.83. The molecule has 0 saturated carbocycles. The quantitative estimate of drug-likeness (QED) is 0.445. The van der Waals surface area contributed by atoms with Crippen LogP contribution in [0.25, 0.3) is 0 Å². The highest BCUT2D eigenvalue weighted by Gasteiger charge is 2.28. The summed E-state index contributed by atoms with van der Waals surface area (Å²) in [4.78, 5) is 13.0. The van der Waals surface area contributed by atoms with Gasteiger partial charge in [0.05, 0.1) is 35.7 Å². The number of methoxy groups -OCH3 is 1. The SMILES string of the molecule is COc1ccc(S(=O)(=O)N2CCOCC2)cc1C(=O)Nc1ccc(S(=O)(=O)Nc2cccc(C)c2)cc1. The molecule has 1 fully saturated rings. The lowest BCUT2D eigenvalue weighted by Crippen LogP contribution is -2.40. The van der Waals surface area contributed by atoms with Gasteiger partial charge in [0.1, 0.15) is 5.75 Å². The molecule has 0 atom stereocenters. The second-order valence-electron chi connectivity index (χ2n) is 8.33. The van der Waals surface area contributed by atoms with Crippen LogP contribution in [-0.4, -0.2) is 60.5 Å². The third-order valence-electron chi connectivity index (χ3n) is 5.72. The number of carbonyl (C=O) groups is 1. The summed E-state index contributed by atoms with van der Waals surface area (Å²) >= 11 is 0.